The molecule has 0 aromatic rings. The quantitative estimate of drug-likeness (QED) is 0.118. The minimum Gasteiger partial charge on any atom is -0.481 e. The summed E-state index contributed by atoms with van der Waals surface area (Å²) in [5.74, 6) is -7.07. The Bertz CT molecular complexity index is 758. The third kappa shape index (κ3) is 11.0. The zero-order valence-electron chi connectivity index (χ0n) is 19.3. The van der Waals surface area contributed by atoms with Gasteiger partial charge in [0.1, 0.15) is 12.1 Å². The number of aliphatic carboxylic acids is 3. The molecular weight excluding hydrogens is 456 g/mol. The van der Waals surface area contributed by atoms with Crippen molar-refractivity contribution in [3.8, 4) is 0 Å². The lowest BCUT2D eigenvalue weighted by Crippen LogP contribution is -2.59. The number of nitrogens with one attached hydrogen (secondary N) is 3. The monoisotopic (exact) mass is 490 g/mol. The summed E-state index contributed by atoms with van der Waals surface area (Å²) in [6.45, 7) is 4.50. The Labute approximate surface area is 196 Å². The number of carbonyl (C=O) groups excluding carboxylic acids is 3. The van der Waals surface area contributed by atoms with Crippen LogP contribution in [0.1, 0.15) is 52.9 Å². The Balaban J connectivity index is 5.59. The van der Waals surface area contributed by atoms with Gasteiger partial charge in [-0.3, -0.25) is 24.0 Å². The largest absolute Gasteiger partial charge is 0.481 e. The molecule has 0 aliphatic carbocycles. The number of aliphatic hydroxyl groups is 1. The maximum atomic E-state index is 12.9. The number of aliphatic hydroxyl groups excluding tert-OH is 1. The van der Waals surface area contributed by atoms with Gasteiger partial charge in [-0.1, -0.05) is 20.3 Å². The lowest BCUT2D eigenvalue weighted by atomic mass is 9.96. The zero-order chi connectivity index (χ0) is 26.6. The van der Waals surface area contributed by atoms with Crippen LogP contribution in [0.4, 0.5) is 0 Å². The fourth-order valence-electron chi connectivity index (χ4n) is 2.81. The summed E-state index contributed by atoms with van der Waals surface area (Å²) >= 11 is 0. The molecule has 0 saturated carbocycles. The second-order valence-corrected chi connectivity index (χ2v) is 7.97. The summed E-state index contributed by atoms with van der Waals surface area (Å²) in [4.78, 5) is 70.8. The summed E-state index contributed by atoms with van der Waals surface area (Å²) < 4.78 is 0. The van der Waals surface area contributed by atoms with Gasteiger partial charge in [-0.25, -0.2) is 4.79 Å². The average Bonchev–Trinajstić information content (AvgIpc) is 2.74. The molecule has 0 saturated heterocycles. The van der Waals surface area contributed by atoms with Gasteiger partial charge < -0.3 is 42.1 Å². The van der Waals surface area contributed by atoms with E-state index in [0.717, 1.165) is 6.92 Å². The van der Waals surface area contributed by atoms with Crippen molar-refractivity contribution in [2.75, 3.05) is 0 Å². The Morgan fingerprint density at radius 1 is 0.765 bits per heavy atom. The molecule has 194 valence electrons. The van der Waals surface area contributed by atoms with Crippen LogP contribution in [0.5, 0.6) is 0 Å². The normalized spacial score (nSPS) is 16.1. The molecule has 0 heterocycles. The van der Waals surface area contributed by atoms with Crippen molar-refractivity contribution in [1.82, 2.24) is 16.0 Å². The minimum atomic E-state index is -1.70. The first-order valence-electron chi connectivity index (χ1n) is 10.7. The number of rotatable bonds is 16. The van der Waals surface area contributed by atoms with Crippen molar-refractivity contribution in [3.63, 3.8) is 0 Å². The predicted octanol–water partition coefficient (Wildman–Crippen LogP) is -1.99. The van der Waals surface area contributed by atoms with E-state index in [9.17, 15) is 33.9 Å². The highest BCUT2D eigenvalue weighted by Gasteiger charge is 2.33. The topological polar surface area (TPSA) is 245 Å². The number of carboxylic acid groups (broad SMARTS) is 3. The molecule has 0 bridgehead atoms. The maximum absolute atomic E-state index is 12.9. The minimum absolute atomic E-state index is 0.171. The van der Waals surface area contributed by atoms with Crippen molar-refractivity contribution < 1.29 is 49.2 Å². The molecule has 6 unspecified atom stereocenters. The van der Waals surface area contributed by atoms with E-state index in [4.69, 9.17) is 21.1 Å². The van der Waals surface area contributed by atoms with E-state index in [-0.39, 0.29) is 12.8 Å². The first-order valence-corrected chi connectivity index (χ1v) is 10.7. The third-order valence-corrected chi connectivity index (χ3v) is 5.13. The summed E-state index contributed by atoms with van der Waals surface area (Å²) in [6.07, 6.45) is -2.52. The number of hydrogen-bond donors (Lipinski definition) is 8. The Kier molecular flexibility index (Phi) is 13.4. The molecule has 0 aliphatic heterocycles. The summed E-state index contributed by atoms with van der Waals surface area (Å²) in [6, 6.07) is -5.58. The van der Waals surface area contributed by atoms with Crippen LogP contribution in [0.15, 0.2) is 0 Å². The van der Waals surface area contributed by atoms with E-state index in [1.807, 2.05) is 0 Å². The second kappa shape index (κ2) is 14.8. The maximum Gasteiger partial charge on any atom is 0.328 e. The molecule has 0 aliphatic rings. The number of carbonyl (C=O) groups is 6. The van der Waals surface area contributed by atoms with Crippen molar-refractivity contribution in [1.29, 1.82) is 0 Å². The van der Waals surface area contributed by atoms with Crippen LogP contribution < -0.4 is 21.7 Å². The predicted molar refractivity (Wildman–Crippen MR) is 116 cm³/mol. The van der Waals surface area contributed by atoms with Gasteiger partial charge in [0.05, 0.1) is 12.1 Å². The van der Waals surface area contributed by atoms with Crippen LogP contribution >= 0.6 is 0 Å². The Morgan fingerprint density at radius 2 is 1.26 bits per heavy atom. The Morgan fingerprint density at radius 3 is 1.71 bits per heavy atom. The van der Waals surface area contributed by atoms with Gasteiger partial charge >= 0.3 is 17.9 Å². The number of amides is 3. The molecule has 14 nitrogen and oxygen atoms in total. The molecule has 0 aromatic heterocycles. The number of nitrogens with two attached hydrogens (primary N) is 1. The lowest BCUT2D eigenvalue weighted by Gasteiger charge is -2.28. The van der Waals surface area contributed by atoms with E-state index < -0.39 is 84.7 Å². The third-order valence-electron chi connectivity index (χ3n) is 5.13. The summed E-state index contributed by atoms with van der Waals surface area (Å²) in [5.41, 5.74) is 5.68. The van der Waals surface area contributed by atoms with Gasteiger partial charge in [0.2, 0.25) is 17.7 Å². The van der Waals surface area contributed by atoms with Gasteiger partial charge in [-0.05, 0) is 25.7 Å². The van der Waals surface area contributed by atoms with Gasteiger partial charge in [0.25, 0.3) is 0 Å². The first-order chi connectivity index (χ1) is 15.7. The number of carboxylic acids is 3. The van der Waals surface area contributed by atoms with Crippen LogP contribution in [0.3, 0.4) is 0 Å². The van der Waals surface area contributed by atoms with E-state index in [0.29, 0.717) is 6.42 Å². The van der Waals surface area contributed by atoms with Crippen molar-refractivity contribution in [2.24, 2.45) is 11.7 Å². The fourth-order valence-corrected chi connectivity index (χ4v) is 2.81. The van der Waals surface area contributed by atoms with Gasteiger partial charge in [-0.2, -0.15) is 0 Å². The van der Waals surface area contributed by atoms with Crippen LogP contribution in [-0.2, 0) is 28.8 Å². The van der Waals surface area contributed by atoms with Gasteiger partial charge in [0, 0.05) is 12.8 Å². The van der Waals surface area contributed by atoms with E-state index >= 15 is 0 Å². The van der Waals surface area contributed by atoms with Crippen LogP contribution in [-0.4, -0.2) is 86.3 Å². The molecule has 34 heavy (non-hydrogen) atoms. The molecule has 0 fully saturated rings. The lowest BCUT2D eigenvalue weighted by molar-refractivity contribution is -0.145. The zero-order valence-corrected chi connectivity index (χ0v) is 19.3. The van der Waals surface area contributed by atoms with Crippen molar-refractivity contribution in [3.05, 3.63) is 0 Å². The summed E-state index contributed by atoms with van der Waals surface area (Å²) in [7, 11) is 0. The molecule has 0 aromatic carbocycles. The van der Waals surface area contributed by atoms with Gasteiger partial charge in [0.15, 0.2) is 6.04 Å². The van der Waals surface area contributed by atoms with Crippen LogP contribution in [0.25, 0.3) is 0 Å². The molecule has 14 heteroatoms. The van der Waals surface area contributed by atoms with E-state index in [1.54, 1.807) is 13.8 Å². The highest BCUT2D eigenvalue weighted by atomic mass is 16.4. The van der Waals surface area contributed by atoms with Crippen molar-refractivity contribution >= 4 is 35.6 Å². The summed E-state index contributed by atoms with van der Waals surface area (Å²) in [5, 5.41) is 43.2. The van der Waals surface area contributed by atoms with Crippen LogP contribution in [0.2, 0.25) is 0 Å². The molecule has 0 spiro atoms. The number of hydrogen-bond acceptors (Lipinski definition) is 8. The SMILES string of the molecule is CCC(C)C(NC(=O)C(N)CCC(=O)O)C(=O)NC(CCC(=O)O)C(=O)NC(C(=O)O)C(C)O. The molecule has 3 amide bonds. The average molecular weight is 491 g/mol. The standard InChI is InChI=1S/C20H34N4O10/c1-4-9(2)15(23-17(30)11(21)5-7-13(26)27)19(32)22-12(6-8-14(28)29)18(31)24-16(10(3)25)20(33)34/h9-12,15-16,25H,4-8,21H2,1-3H3,(H,22,32)(H,23,30)(H,24,31)(H,26,27)(H,28,29)(H,33,34). The molecule has 0 rings (SSSR count). The molecular formula is C20H34N4O10. The first kappa shape index (κ1) is 30.7. The van der Waals surface area contributed by atoms with Gasteiger partial charge in [-0.15, -0.1) is 0 Å². The smallest absolute Gasteiger partial charge is 0.328 e. The molecule has 9 N–H and O–H groups in total. The van der Waals surface area contributed by atoms with Crippen LogP contribution in [0, 0.1) is 5.92 Å². The van der Waals surface area contributed by atoms with E-state index in [1.165, 1.54) is 0 Å². The Hall–Kier alpha value is -3.26. The molecule has 6 atom stereocenters. The van der Waals surface area contributed by atoms with Crippen molar-refractivity contribution in [2.45, 2.75) is 83.1 Å². The van der Waals surface area contributed by atoms with E-state index in [2.05, 4.69) is 16.0 Å². The highest BCUT2D eigenvalue weighted by molar-refractivity contribution is 5.94. The molecule has 0 radical (unpaired) electrons. The fraction of sp³-hybridized carbons (Fsp3) is 0.700. The highest BCUT2D eigenvalue weighted by Crippen LogP contribution is 2.11. The second-order valence-electron chi connectivity index (χ2n) is 7.97.